The van der Waals surface area contributed by atoms with E-state index in [1.807, 2.05) is 6.20 Å². The standard InChI is InChI=1S/C7H12BrN3/c1-2-11-6(8)5-10-7(11)3-4-9/h5H,2-4,9H2,1H3. The number of nitrogens with zero attached hydrogens (tertiary/aromatic N) is 2. The Morgan fingerprint density at radius 1 is 1.73 bits per heavy atom. The maximum absolute atomic E-state index is 5.42. The molecule has 0 unspecified atom stereocenters. The maximum Gasteiger partial charge on any atom is 0.110 e. The predicted molar refractivity (Wildman–Crippen MR) is 48.4 cm³/mol. The zero-order chi connectivity index (χ0) is 8.27. The molecule has 0 aliphatic heterocycles. The number of rotatable bonds is 3. The maximum atomic E-state index is 5.42. The van der Waals surface area contributed by atoms with E-state index in [1.54, 1.807) is 0 Å². The normalized spacial score (nSPS) is 10.5. The van der Waals surface area contributed by atoms with Crippen LogP contribution in [0.5, 0.6) is 0 Å². The molecule has 0 aromatic carbocycles. The molecule has 1 heterocycles. The van der Waals surface area contributed by atoms with Gasteiger partial charge >= 0.3 is 0 Å². The van der Waals surface area contributed by atoms with E-state index in [2.05, 4.69) is 32.4 Å². The average Bonchev–Trinajstić information content (AvgIpc) is 2.33. The van der Waals surface area contributed by atoms with E-state index in [-0.39, 0.29) is 0 Å². The first-order valence-electron chi connectivity index (χ1n) is 3.69. The molecule has 0 saturated carbocycles. The average molecular weight is 218 g/mol. The molecule has 0 saturated heterocycles. The van der Waals surface area contributed by atoms with Crippen LogP contribution in [-0.4, -0.2) is 16.1 Å². The van der Waals surface area contributed by atoms with Gasteiger partial charge in [0, 0.05) is 13.0 Å². The number of hydrogen-bond donors (Lipinski definition) is 1. The summed E-state index contributed by atoms with van der Waals surface area (Å²) < 4.78 is 3.14. The number of hydrogen-bond acceptors (Lipinski definition) is 2. The second kappa shape index (κ2) is 3.88. The van der Waals surface area contributed by atoms with Gasteiger partial charge in [0.2, 0.25) is 0 Å². The van der Waals surface area contributed by atoms with Crippen LogP contribution < -0.4 is 5.73 Å². The molecule has 11 heavy (non-hydrogen) atoms. The molecule has 0 aliphatic rings. The van der Waals surface area contributed by atoms with Crippen LogP contribution in [0.3, 0.4) is 0 Å². The molecule has 0 aliphatic carbocycles. The first kappa shape index (κ1) is 8.74. The summed E-state index contributed by atoms with van der Waals surface area (Å²) in [6.07, 6.45) is 2.66. The zero-order valence-electron chi connectivity index (χ0n) is 6.55. The van der Waals surface area contributed by atoms with E-state index in [0.717, 1.165) is 23.4 Å². The van der Waals surface area contributed by atoms with Crippen LogP contribution in [0.15, 0.2) is 10.8 Å². The lowest BCUT2D eigenvalue weighted by Crippen LogP contribution is -2.09. The van der Waals surface area contributed by atoms with Crippen molar-refractivity contribution in [1.82, 2.24) is 9.55 Å². The van der Waals surface area contributed by atoms with Crippen molar-refractivity contribution >= 4 is 15.9 Å². The van der Waals surface area contributed by atoms with Crippen molar-refractivity contribution in [2.45, 2.75) is 19.9 Å². The van der Waals surface area contributed by atoms with Gasteiger partial charge in [0.1, 0.15) is 10.4 Å². The van der Waals surface area contributed by atoms with Crippen LogP contribution in [0.1, 0.15) is 12.7 Å². The lowest BCUT2D eigenvalue weighted by Gasteiger charge is -2.03. The fraction of sp³-hybridized carbons (Fsp3) is 0.571. The van der Waals surface area contributed by atoms with Crippen molar-refractivity contribution in [1.29, 1.82) is 0 Å². The van der Waals surface area contributed by atoms with Gasteiger partial charge in [-0.05, 0) is 29.4 Å². The molecule has 4 heteroatoms. The van der Waals surface area contributed by atoms with Crippen molar-refractivity contribution < 1.29 is 0 Å². The summed E-state index contributed by atoms with van der Waals surface area (Å²) in [5.41, 5.74) is 5.42. The molecule has 0 spiro atoms. The Balaban J connectivity index is 2.86. The summed E-state index contributed by atoms with van der Waals surface area (Å²) in [5, 5.41) is 0. The summed E-state index contributed by atoms with van der Waals surface area (Å²) in [7, 11) is 0. The summed E-state index contributed by atoms with van der Waals surface area (Å²) >= 11 is 3.41. The second-order valence-corrected chi connectivity index (χ2v) is 3.09. The van der Waals surface area contributed by atoms with Crippen molar-refractivity contribution in [2.24, 2.45) is 5.73 Å². The predicted octanol–water partition coefficient (Wildman–Crippen LogP) is 1.17. The van der Waals surface area contributed by atoms with Gasteiger partial charge in [-0.1, -0.05) is 0 Å². The molecule has 3 nitrogen and oxygen atoms in total. The molecule has 62 valence electrons. The Kier molecular flexibility index (Phi) is 3.08. The van der Waals surface area contributed by atoms with Gasteiger partial charge in [0.05, 0.1) is 6.20 Å². The lowest BCUT2D eigenvalue weighted by molar-refractivity contribution is 0.681. The zero-order valence-corrected chi connectivity index (χ0v) is 8.13. The Labute approximate surface area is 74.7 Å². The summed E-state index contributed by atoms with van der Waals surface area (Å²) in [6.45, 7) is 3.69. The monoisotopic (exact) mass is 217 g/mol. The van der Waals surface area contributed by atoms with Gasteiger partial charge in [-0.25, -0.2) is 4.98 Å². The van der Waals surface area contributed by atoms with Gasteiger partial charge in [-0.15, -0.1) is 0 Å². The third-order valence-corrected chi connectivity index (χ3v) is 2.21. The minimum atomic E-state index is 0.656. The van der Waals surface area contributed by atoms with Crippen LogP contribution in [0.25, 0.3) is 0 Å². The smallest absolute Gasteiger partial charge is 0.110 e. The summed E-state index contributed by atoms with van der Waals surface area (Å²) in [6, 6.07) is 0. The topological polar surface area (TPSA) is 43.8 Å². The van der Waals surface area contributed by atoms with Crippen LogP contribution in [0, 0.1) is 0 Å². The SMILES string of the molecule is CCn1c(Br)cnc1CCN. The minimum absolute atomic E-state index is 0.656. The first-order chi connectivity index (χ1) is 5.29. The molecular weight excluding hydrogens is 206 g/mol. The third-order valence-electron chi connectivity index (χ3n) is 1.57. The molecule has 0 bridgehead atoms. The Morgan fingerprint density at radius 2 is 2.45 bits per heavy atom. The number of halogens is 1. The van der Waals surface area contributed by atoms with E-state index in [4.69, 9.17) is 5.73 Å². The lowest BCUT2D eigenvalue weighted by atomic mass is 10.4. The number of aromatic nitrogens is 2. The summed E-state index contributed by atoms with van der Waals surface area (Å²) in [5.74, 6) is 1.06. The van der Waals surface area contributed by atoms with E-state index < -0.39 is 0 Å². The molecule has 0 atom stereocenters. The molecule has 2 N–H and O–H groups in total. The van der Waals surface area contributed by atoms with Gasteiger partial charge in [-0.3, -0.25) is 0 Å². The fourth-order valence-corrected chi connectivity index (χ4v) is 1.61. The highest BCUT2D eigenvalue weighted by Gasteiger charge is 2.03. The number of imidazole rings is 1. The molecule has 0 amide bonds. The molecule has 1 aromatic rings. The fourth-order valence-electron chi connectivity index (χ4n) is 1.05. The van der Waals surface area contributed by atoms with Crippen molar-refractivity contribution in [3.63, 3.8) is 0 Å². The Bertz CT molecular complexity index is 232. The Hall–Kier alpha value is -0.350. The van der Waals surface area contributed by atoms with Gasteiger partial charge in [-0.2, -0.15) is 0 Å². The minimum Gasteiger partial charge on any atom is -0.330 e. The molecule has 1 rings (SSSR count). The van der Waals surface area contributed by atoms with E-state index in [1.165, 1.54) is 0 Å². The highest BCUT2D eigenvalue weighted by atomic mass is 79.9. The highest BCUT2D eigenvalue weighted by molar-refractivity contribution is 9.10. The van der Waals surface area contributed by atoms with Gasteiger partial charge in [0.25, 0.3) is 0 Å². The largest absolute Gasteiger partial charge is 0.330 e. The van der Waals surface area contributed by atoms with E-state index in [9.17, 15) is 0 Å². The van der Waals surface area contributed by atoms with E-state index in [0.29, 0.717) is 6.54 Å². The second-order valence-electron chi connectivity index (χ2n) is 2.28. The Morgan fingerprint density at radius 3 is 3.00 bits per heavy atom. The quantitative estimate of drug-likeness (QED) is 0.827. The van der Waals surface area contributed by atoms with Crippen molar-refractivity contribution in [3.05, 3.63) is 16.6 Å². The molecule has 0 fully saturated rings. The third kappa shape index (κ3) is 1.81. The first-order valence-corrected chi connectivity index (χ1v) is 4.48. The number of nitrogens with two attached hydrogens (primary N) is 1. The molecule has 0 radical (unpaired) electrons. The van der Waals surface area contributed by atoms with Crippen LogP contribution in [0.4, 0.5) is 0 Å². The van der Waals surface area contributed by atoms with E-state index >= 15 is 0 Å². The van der Waals surface area contributed by atoms with Crippen LogP contribution >= 0.6 is 15.9 Å². The summed E-state index contributed by atoms with van der Waals surface area (Å²) in [4.78, 5) is 4.21. The van der Waals surface area contributed by atoms with Crippen LogP contribution in [0.2, 0.25) is 0 Å². The molecule has 1 aromatic heterocycles. The van der Waals surface area contributed by atoms with Crippen LogP contribution in [-0.2, 0) is 13.0 Å². The van der Waals surface area contributed by atoms with Gasteiger partial charge in [0.15, 0.2) is 0 Å². The molecular formula is C7H12BrN3. The van der Waals surface area contributed by atoms with Gasteiger partial charge < -0.3 is 10.3 Å². The van der Waals surface area contributed by atoms with Crippen molar-refractivity contribution in [3.8, 4) is 0 Å². The highest BCUT2D eigenvalue weighted by Crippen LogP contribution is 2.12. The van der Waals surface area contributed by atoms with Crippen molar-refractivity contribution in [2.75, 3.05) is 6.54 Å².